The third kappa shape index (κ3) is 3.72. The first-order valence-electron chi connectivity index (χ1n) is 7.95. The van der Waals surface area contributed by atoms with Gasteiger partial charge in [-0.1, -0.05) is 18.2 Å². The van der Waals surface area contributed by atoms with Crippen molar-refractivity contribution in [3.8, 4) is 11.5 Å². The summed E-state index contributed by atoms with van der Waals surface area (Å²) in [5.74, 6) is -2.89. The molecule has 0 saturated carbocycles. The molecule has 26 heavy (non-hydrogen) atoms. The third-order valence-corrected chi connectivity index (χ3v) is 3.70. The maximum absolute atomic E-state index is 14.0. The number of carbonyl (C=O) groups excluding carboxylic acids is 1. The van der Waals surface area contributed by atoms with Crippen molar-refractivity contribution >= 4 is 16.8 Å². The van der Waals surface area contributed by atoms with Crippen LogP contribution in [0.3, 0.4) is 0 Å². The Labute approximate surface area is 148 Å². The number of rotatable bonds is 7. The number of benzene rings is 2. The van der Waals surface area contributed by atoms with Gasteiger partial charge < -0.3 is 15.2 Å². The molecule has 0 unspecified atom stereocenters. The van der Waals surface area contributed by atoms with Gasteiger partial charge in [-0.15, -0.1) is 0 Å². The first-order valence-corrected chi connectivity index (χ1v) is 7.95. The molecule has 0 aliphatic heterocycles. The van der Waals surface area contributed by atoms with Gasteiger partial charge in [-0.05, 0) is 24.3 Å². The van der Waals surface area contributed by atoms with E-state index in [4.69, 9.17) is 15.2 Å². The summed E-state index contributed by atoms with van der Waals surface area (Å²) in [5.41, 5.74) is 4.92. The minimum absolute atomic E-state index is 0.124. The number of amides is 1. The van der Waals surface area contributed by atoms with Crippen molar-refractivity contribution in [2.75, 3.05) is 13.2 Å². The molecular formula is C19H16F2N2O3. The fourth-order valence-electron chi connectivity index (χ4n) is 2.49. The van der Waals surface area contributed by atoms with Gasteiger partial charge in [0.1, 0.15) is 22.6 Å². The predicted octanol–water partition coefficient (Wildman–Crippen LogP) is 3.46. The molecule has 1 aromatic heterocycles. The molecule has 0 spiro atoms. The van der Waals surface area contributed by atoms with Gasteiger partial charge in [0.2, 0.25) is 0 Å². The van der Waals surface area contributed by atoms with Crippen LogP contribution >= 0.6 is 0 Å². The van der Waals surface area contributed by atoms with Crippen LogP contribution in [0.25, 0.3) is 10.9 Å². The molecule has 2 aromatic carbocycles. The van der Waals surface area contributed by atoms with Crippen molar-refractivity contribution in [3.05, 3.63) is 65.9 Å². The molecule has 0 atom stereocenters. The van der Waals surface area contributed by atoms with Crippen LogP contribution in [0.1, 0.15) is 16.8 Å². The zero-order valence-corrected chi connectivity index (χ0v) is 13.7. The molecule has 3 rings (SSSR count). The zero-order valence-electron chi connectivity index (χ0n) is 13.7. The first kappa shape index (κ1) is 17.6. The second kappa shape index (κ2) is 7.77. The molecule has 5 nitrogen and oxygen atoms in total. The molecule has 0 saturated heterocycles. The van der Waals surface area contributed by atoms with E-state index in [2.05, 4.69) is 4.98 Å². The van der Waals surface area contributed by atoms with E-state index in [1.54, 1.807) is 6.20 Å². The molecule has 1 heterocycles. The molecule has 0 radical (unpaired) electrons. The minimum Gasteiger partial charge on any atom is -0.491 e. The number of para-hydroxylation sites is 1. The Morgan fingerprint density at radius 2 is 1.73 bits per heavy atom. The zero-order chi connectivity index (χ0) is 18.5. The van der Waals surface area contributed by atoms with Gasteiger partial charge in [0.05, 0.1) is 13.2 Å². The number of nitrogens with zero attached hydrogens (tertiary/aromatic N) is 1. The number of primary amides is 1. The maximum atomic E-state index is 14.0. The van der Waals surface area contributed by atoms with Crippen molar-refractivity contribution in [3.63, 3.8) is 0 Å². The molecule has 3 aromatic rings. The molecule has 0 aliphatic rings. The van der Waals surface area contributed by atoms with Crippen LogP contribution in [0, 0.1) is 11.6 Å². The smallest absolute Gasteiger partial charge is 0.254 e. The molecule has 0 bridgehead atoms. The average Bonchev–Trinajstić information content (AvgIpc) is 2.63. The van der Waals surface area contributed by atoms with Gasteiger partial charge in [0.25, 0.3) is 5.91 Å². The molecule has 134 valence electrons. The minimum atomic E-state index is -1.18. The van der Waals surface area contributed by atoms with Crippen molar-refractivity contribution in [2.45, 2.75) is 6.42 Å². The topological polar surface area (TPSA) is 74.4 Å². The Kier molecular flexibility index (Phi) is 5.26. The van der Waals surface area contributed by atoms with E-state index >= 15 is 0 Å². The summed E-state index contributed by atoms with van der Waals surface area (Å²) in [4.78, 5) is 15.4. The summed E-state index contributed by atoms with van der Waals surface area (Å²) in [7, 11) is 0. The Morgan fingerprint density at radius 3 is 2.50 bits per heavy atom. The van der Waals surface area contributed by atoms with Gasteiger partial charge in [-0.25, -0.2) is 8.78 Å². The van der Waals surface area contributed by atoms with Crippen LogP contribution in [0.5, 0.6) is 11.5 Å². The van der Waals surface area contributed by atoms with Crippen molar-refractivity contribution in [1.82, 2.24) is 4.98 Å². The van der Waals surface area contributed by atoms with Crippen LogP contribution < -0.4 is 15.2 Å². The number of nitrogens with two attached hydrogens (primary N) is 1. The monoisotopic (exact) mass is 358 g/mol. The lowest BCUT2D eigenvalue weighted by Gasteiger charge is -2.11. The van der Waals surface area contributed by atoms with E-state index in [1.807, 2.05) is 30.3 Å². The number of ether oxygens (including phenoxy) is 2. The van der Waals surface area contributed by atoms with Gasteiger partial charge in [0.15, 0.2) is 11.6 Å². The quantitative estimate of drug-likeness (QED) is 0.657. The van der Waals surface area contributed by atoms with Gasteiger partial charge in [-0.3, -0.25) is 9.78 Å². The largest absolute Gasteiger partial charge is 0.491 e. The molecular weight excluding hydrogens is 342 g/mol. The second-order valence-corrected chi connectivity index (χ2v) is 5.48. The Morgan fingerprint density at radius 1 is 1.00 bits per heavy atom. The third-order valence-electron chi connectivity index (χ3n) is 3.70. The standard InChI is InChI=1S/C19H16F2N2O3/c20-13-7-8-14(17(21)16(13)19(22)24)25-10-3-11-26-15-6-1-4-12-5-2-9-23-18(12)15/h1-2,4-9H,3,10-11H2,(H2,22,24). The molecule has 0 fully saturated rings. The van der Waals surface area contributed by atoms with Gasteiger partial charge >= 0.3 is 0 Å². The summed E-state index contributed by atoms with van der Waals surface area (Å²) in [5, 5.41) is 0.966. The highest BCUT2D eigenvalue weighted by Gasteiger charge is 2.19. The van der Waals surface area contributed by atoms with E-state index in [0.29, 0.717) is 18.8 Å². The summed E-state index contributed by atoms with van der Waals surface area (Å²) in [6, 6.07) is 11.5. The van der Waals surface area contributed by atoms with Crippen LogP contribution in [0.4, 0.5) is 8.78 Å². The number of hydrogen-bond donors (Lipinski definition) is 1. The number of fused-ring (bicyclic) bond motifs is 1. The number of hydrogen-bond acceptors (Lipinski definition) is 4. The fraction of sp³-hybridized carbons (Fsp3) is 0.158. The van der Waals surface area contributed by atoms with Crippen LogP contribution in [-0.2, 0) is 0 Å². The van der Waals surface area contributed by atoms with E-state index in [1.165, 1.54) is 0 Å². The van der Waals surface area contributed by atoms with E-state index < -0.39 is 23.1 Å². The molecule has 0 aliphatic carbocycles. The lowest BCUT2D eigenvalue weighted by Crippen LogP contribution is -2.16. The summed E-state index contributed by atoms with van der Waals surface area (Å²) >= 11 is 0. The van der Waals surface area contributed by atoms with Crippen molar-refractivity contribution < 1.29 is 23.0 Å². The van der Waals surface area contributed by atoms with E-state index in [0.717, 1.165) is 23.0 Å². The number of aromatic nitrogens is 1. The maximum Gasteiger partial charge on any atom is 0.254 e. The molecule has 2 N–H and O–H groups in total. The number of carbonyl (C=O) groups is 1. The Balaban J connectivity index is 1.56. The average molecular weight is 358 g/mol. The number of halogens is 2. The first-order chi connectivity index (χ1) is 12.6. The Bertz CT molecular complexity index is 942. The van der Waals surface area contributed by atoms with Crippen LogP contribution in [-0.4, -0.2) is 24.1 Å². The number of pyridine rings is 1. The van der Waals surface area contributed by atoms with Crippen LogP contribution in [0.15, 0.2) is 48.7 Å². The molecule has 7 heteroatoms. The highest BCUT2D eigenvalue weighted by Crippen LogP contribution is 2.24. The summed E-state index contributed by atoms with van der Waals surface area (Å²) in [6.07, 6.45) is 2.14. The van der Waals surface area contributed by atoms with Gasteiger partial charge in [-0.2, -0.15) is 0 Å². The second-order valence-electron chi connectivity index (χ2n) is 5.48. The van der Waals surface area contributed by atoms with E-state index in [-0.39, 0.29) is 12.4 Å². The highest BCUT2D eigenvalue weighted by atomic mass is 19.1. The van der Waals surface area contributed by atoms with Crippen molar-refractivity contribution in [1.29, 1.82) is 0 Å². The lowest BCUT2D eigenvalue weighted by molar-refractivity contribution is 0.0991. The van der Waals surface area contributed by atoms with Crippen LogP contribution in [0.2, 0.25) is 0 Å². The highest BCUT2D eigenvalue weighted by molar-refractivity contribution is 5.93. The SMILES string of the molecule is NC(=O)c1c(F)ccc(OCCCOc2cccc3cccnc23)c1F. The fourth-order valence-corrected chi connectivity index (χ4v) is 2.49. The Hall–Kier alpha value is -3.22. The normalized spacial score (nSPS) is 10.7. The van der Waals surface area contributed by atoms with Crippen molar-refractivity contribution in [2.24, 2.45) is 5.73 Å². The molecule has 1 amide bonds. The van der Waals surface area contributed by atoms with Gasteiger partial charge in [0, 0.05) is 18.0 Å². The summed E-state index contributed by atoms with van der Waals surface area (Å²) in [6.45, 7) is 0.445. The van der Waals surface area contributed by atoms with E-state index in [9.17, 15) is 13.6 Å². The lowest BCUT2D eigenvalue weighted by atomic mass is 10.1. The summed E-state index contributed by atoms with van der Waals surface area (Å²) < 4.78 is 38.4. The predicted molar refractivity (Wildman–Crippen MR) is 92.2 cm³/mol.